The number of benzene rings is 1. The highest BCUT2D eigenvalue weighted by atomic mass is 16.3. The van der Waals surface area contributed by atoms with Gasteiger partial charge in [-0.05, 0) is 59.9 Å². The van der Waals surface area contributed by atoms with Crippen molar-refractivity contribution >= 4 is 0 Å². The molecule has 0 fully saturated rings. The summed E-state index contributed by atoms with van der Waals surface area (Å²) in [6.07, 6.45) is 8.69. The van der Waals surface area contributed by atoms with Crippen LogP contribution in [0.5, 0.6) is 5.75 Å². The van der Waals surface area contributed by atoms with Crippen molar-refractivity contribution in [3.63, 3.8) is 0 Å². The van der Waals surface area contributed by atoms with Crippen molar-refractivity contribution in [2.75, 3.05) is 0 Å². The summed E-state index contributed by atoms with van der Waals surface area (Å²) in [5, 5.41) is 10.7. The molecule has 0 aliphatic heterocycles. The number of phenols is 1. The molecule has 114 valence electrons. The Morgan fingerprint density at radius 3 is 1.35 bits per heavy atom. The molecule has 1 N–H and O–H groups in total. The van der Waals surface area contributed by atoms with Crippen molar-refractivity contribution in [2.24, 2.45) is 0 Å². The van der Waals surface area contributed by atoms with Crippen LogP contribution >= 0.6 is 0 Å². The zero-order valence-corrected chi connectivity index (χ0v) is 14.1. The average Bonchev–Trinajstić information content (AvgIpc) is 2.45. The van der Waals surface area contributed by atoms with Gasteiger partial charge in [-0.2, -0.15) is 0 Å². The van der Waals surface area contributed by atoms with Crippen LogP contribution in [-0.2, 0) is 32.1 Å². The predicted molar refractivity (Wildman–Crippen MR) is 88.8 cm³/mol. The Morgan fingerprint density at radius 1 is 0.550 bits per heavy atom. The van der Waals surface area contributed by atoms with Gasteiger partial charge in [-0.1, -0.05) is 53.9 Å². The number of aromatic hydroxyl groups is 1. The van der Waals surface area contributed by atoms with Gasteiger partial charge in [0.05, 0.1) is 0 Å². The summed E-state index contributed by atoms with van der Waals surface area (Å²) >= 11 is 0. The third-order valence-corrected chi connectivity index (χ3v) is 4.24. The highest BCUT2D eigenvalue weighted by Crippen LogP contribution is 2.36. The van der Waals surface area contributed by atoms with Crippen LogP contribution in [0.2, 0.25) is 0 Å². The zero-order valence-electron chi connectivity index (χ0n) is 14.1. The van der Waals surface area contributed by atoms with E-state index in [1.165, 1.54) is 28.7 Å². The number of hydrogen-bond acceptors (Lipinski definition) is 1. The van der Waals surface area contributed by atoms with Crippen LogP contribution in [0, 0.1) is 0 Å². The van der Waals surface area contributed by atoms with Crippen LogP contribution in [0.4, 0.5) is 0 Å². The van der Waals surface area contributed by atoms with E-state index in [4.69, 9.17) is 0 Å². The second-order valence-electron chi connectivity index (χ2n) is 5.70. The van der Waals surface area contributed by atoms with Gasteiger partial charge in [0, 0.05) is 0 Å². The Balaban J connectivity index is 3.60. The molecule has 1 aromatic rings. The van der Waals surface area contributed by atoms with Gasteiger partial charge in [-0.25, -0.2) is 0 Å². The maximum atomic E-state index is 10.7. The molecule has 0 atom stereocenters. The second-order valence-corrected chi connectivity index (χ2v) is 5.70. The molecule has 0 saturated carbocycles. The van der Waals surface area contributed by atoms with Crippen molar-refractivity contribution in [1.82, 2.24) is 0 Å². The van der Waals surface area contributed by atoms with Crippen molar-refractivity contribution in [3.8, 4) is 5.75 Å². The standard InChI is InChI=1S/C19H32O/c1-6-11-16-14(9-4)15(10-5)19(20)18(13-8-3)17(16)12-7-2/h20H,6-13H2,1-5H3. The average molecular weight is 276 g/mol. The Hall–Kier alpha value is -0.980. The van der Waals surface area contributed by atoms with Crippen LogP contribution in [0.25, 0.3) is 0 Å². The van der Waals surface area contributed by atoms with Crippen molar-refractivity contribution in [3.05, 3.63) is 27.8 Å². The first kappa shape index (κ1) is 17.1. The second kappa shape index (κ2) is 8.34. The first-order valence-electron chi connectivity index (χ1n) is 8.53. The first-order chi connectivity index (χ1) is 9.65. The molecular formula is C19H32O. The Labute approximate surface area is 125 Å². The SMILES string of the molecule is CCCc1c(O)c(CC)c(CC)c(CCC)c1CCC. The summed E-state index contributed by atoms with van der Waals surface area (Å²) in [7, 11) is 0. The van der Waals surface area contributed by atoms with Crippen molar-refractivity contribution < 1.29 is 5.11 Å². The van der Waals surface area contributed by atoms with Gasteiger partial charge >= 0.3 is 0 Å². The minimum absolute atomic E-state index is 0.606. The smallest absolute Gasteiger partial charge is 0.122 e. The lowest BCUT2D eigenvalue weighted by Crippen LogP contribution is -2.09. The molecule has 0 aliphatic rings. The molecule has 1 aromatic carbocycles. The molecule has 0 aromatic heterocycles. The number of rotatable bonds is 8. The van der Waals surface area contributed by atoms with E-state index in [2.05, 4.69) is 34.6 Å². The molecule has 0 saturated heterocycles. The van der Waals surface area contributed by atoms with E-state index >= 15 is 0 Å². The molecule has 1 heteroatoms. The third-order valence-electron chi connectivity index (χ3n) is 4.24. The zero-order chi connectivity index (χ0) is 15.1. The van der Waals surface area contributed by atoms with E-state index in [0.717, 1.165) is 44.9 Å². The maximum Gasteiger partial charge on any atom is 0.122 e. The maximum absolute atomic E-state index is 10.7. The number of hydrogen-bond donors (Lipinski definition) is 1. The van der Waals surface area contributed by atoms with Crippen LogP contribution in [0.15, 0.2) is 0 Å². The molecule has 0 unspecified atom stereocenters. The van der Waals surface area contributed by atoms with Gasteiger partial charge < -0.3 is 5.11 Å². The van der Waals surface area contributed by atoms with E-state index in [1.54, 1.807) is 5.56 Å². The summed E-state index contributed by atoms with van der Waals surface area (Å²) in [6, 6.07) is 0. The van der Waals surface area contributed by atoms with Crippen molar-refractivity contribution in [1.29, 1.82) is 0 Å². The third kappa shape index (κ3) is 3.37. The van der Waals surface area contributed by atoms with Gasteiger partial charge in [-0.3, -0.25) is 0 Å². The largest absolute Gasteiger partial charge is 0.507 e. The molecule has 0 amide bonds. The molecule has 0 bridgehead atoms. The Kier molecular flexibility index (Phi) is 7.12. The first-order valence-corrected chi connectivity index (χ1v) is 8.53. The topological polar surface area (TPSA) is 20.2 Å². The molecule has 0 spiro atoms. The highest BCUT2D eigenvalue weighted by molar-refractivity contribution is 5.55. The Morgan fingerprint density at radius 2 is 0.950 bits per heavy atom. The van der Waals surface area contributed by atoms with Crippen LogP contribution in [-0.4, -0.2) is 5.11 Å². The molecule has 0 heterocycles. The summed E-state index contributed by atoms with van der Waals surface area (Å²) in [5.41, 5.74) is 6.89. The van der Waals surface area contributed by atoms with Crippen LogP contribution in [0.3, 0.4) is 0 Å². The fourth-order valence-electron chi connectivity index (χ4n) is 3.44. The molecule has 20 heavy (non-hydrogen) atoms. The lowest BCUT2D eigenvalue weighted by Gasteiger charge is -2.23. The molecule has 1 rings (SSSR count). The normalized spacial score (nSPS) is 11.1. The summed E-state index contributed by atoms with van der Waals surface area (Å²) in [6.45, 7) is 11.1. The van der Waals surface area contributed by atoms with Gasteiger partial charge in [-0.15, -0.1) is 0 Å². The van der Waals surface area contributed by atoms with Gasteiger partial charge in [0.2, 0.25) is 0 Å². The molecule has 1 nitrogen and oxygen atoms in total. The van der Waals surface area contributed by atoms with Crippen LogP contribution in [0.1, 0.15) is 81.7 Å². The van der Waals surface area contributed by atoms with E-state index in [9.17, 15) is 5.11 Å². The fraction of sp³-hybridized carbons (Fsp3) is 0.684. The monoisotopic (exact) mass is 276 g/mol. The minimum atomic E-state index is 0.606. The van der Waals surface area contributed by atoms with E-state index < -0.39 is 0 Å². The molecular weight excluding hydrogens is 244 g/mol. The molecule has 0 aliphatic carbocycles. The van der Waals surface area contributed by atoms with E-state index in [1.807, 2.05) is 0 Å². The van der Waals surface area contributed by atoms with Crippen LogP contribution < -0.4 is 0 Å². The predicted octanol–water partition coefficient (Wildman–Crippen LogP) is 5.37. The summed E-state index contributed by atoms with van der Waals surface area (Å²) < 4.78 is 0. The minimum Gasteiger partial charge on any atom is -0.507 e. The fourth-order valence-corrected chi connectivity index (χ4v) is 3.44. The quantitative estimate of drug-likeness (QED) is 0.676. The number of phenolic OH excluding ortho intramolecular Hbond substituents is 1. The highest BCUT2D eigenvalue weighted by Gasteiger charge is 2.20. The van der Waals surface area contributed by atoms with E-state index in [0.29, 0.717) is 5.75 Å². The summed E-state index contributed by atoms with van der Waals surface area (Å²) in [4.78, 5) is 0. The van der Waals surface area contributed by atoms with Gasteiger partial charge in [0.1, 0.15) is 5.75 Å². The summed E-state index contributed by atoms with van der Waals surface area (Å²) in [5.74, 6) is 0.606. The lowest BCUT2D eigenvalue weighted by molar-refractivity contribution is 0.458. The van der Waals surface area contributed by atoms with Gasteiger partial charge in [0.15, 0.2) is 0 Å². The van der Waals surface area contributed by atoms with Gasteiger partial charge in [0.25, 0.3) is 0 Å². The Bertz CT molecular complexity index is 432. The molecule has 0 radical (unpaired) electrons. The van der Waals surface area contributed by atoms with E-state index in [-0.39, 0.29) is 0 Å². The lowest BCUT2D eigenvalue weighted by atomic mass is 9.83. The van der Waals surface area contributed by atoms with Crippen molar-refractivity contribution in [2.45, 2.75) is 86.0 Å².